The van der Waals surface area contributed by atoms with Gasteiger partial charge in [-0.25, -0.2) is 4.39 Å². The summed E-state index contributed by atoms with van der Waals surface area (Å²) < 4.78 is 19.6. The van der Waals surface area contributed by atoms with E-state index in [4.69, 9.17) is 4.42 Å². The molecule has 4 heteroatoms. The highest BCUT2D eigenvalue weighted by Gasteiger charge is 2.15. The first-order chi connectivity index (χ1) is 8.70. The first-order valence-corrected chi connectivity index (χ1v) is 6.70. The van der Waals surface area contributed by atoms with Crippen molar-refractivity contribution < 1.29 is 8.81 Å². The van der Waals surface area contributed by atoms with Crippen LogP contribution in [0, 0.1) is 5.82 Å². The quantitative estimate of drug-likeness (QED) is 0.900. The van der Waals surface area contributed by atoms with Crippen molar-refractivity contribution in [2.75, 3.05) is 6.54 Å². The van der Waals surface area contributed by atoms with Gasteiger partial charge in [0.25, 0.3) is 0 Å². The van der Waals surface area contributed by atoms with Crippen molar-refractivity contribution in [2.24, 2.45) is 0 Å². The SMILES string of the molecule is CCNC(Cc1cc(F)ccc1Br)c1ccco1. The van der Waals surface area contributed by atoms with E-state index in [1.54, 1.807) is 18.4 Å². The molecule has 0 aliphatic heterocycles. The molecule has 0 saturated heterocycles. The minimum Gasteiger partial charge on any atom is -0.468 e. The van der Waals surface area contributed by atoms with Crippen LogP contribution < -0.4 is 5.32 Å². The average molecular weight is 312 g/mol. The molecule has 2 aromatic rings. The summed E-state index contributed by atoms with van der Waals surface area (Å²) in [6.45, 7) is 2.87. The zero-order chi connectivity index (χ0) is 13.0. The molecule has 18 heavy (non-hydrogen) atoms. The standard InChI is InChI=1S/C14H15BrFNO/c1-2-17-13(14-4-3-7-18-14)9-10-8-11(16)5-6-12(10)15/h3-8,13,17H,2,9H2,1H3. The number of furan rings is 1. The molecule has 2 rings (SSSR count). The summed E-state index contributed by atoms with van der Waals surface area (Å²) in [5, 5.41) is 3.34. The van der Waals surface area contributed by atoms with Crippen LogP contribution >= 0.6 is 15.9 Å². The molecule has 0 radical (unpaired) electrons. The fourth-order valence-electron chi connectivity index (χ4n) is 1.93. The van der Waals surface area contributed by atoms with Gasteiger partial charge in [0.1, 0.15) is 11.6 Å². The highest BCUT2D eigenvalue weighted by Crippen LogP contribution is 2.25. The Balaban J connectivity index is 2.21. The van der Waals surface area contributed by atoms with Gasteiger partial charge in [0, 0.05) is 4.47 Å². The summed E-state index contributed by atoms with van der Waals surface area (Å²) in [6.07, 6.45) is 2.33. The summed E-state index contributed by atoms with van der Waals surface area (Å²) in [5.41, 5.74) is 0.928. The minimum absolute atomic E-state index is 0.0584. The van der Waals surface area contributed by atoms with Gasteiger partial charge in [-0.15, -0.1) is 0 Å². The summed E-state index contributed by atoms with van der Waals surface area (Å²) in [7, 11) is 0. The van der Waals surface area contributed by atoms with Crippen molar-refractivity contribution in [3.05, 3.63) is 58.2 Å². The lowest BCUT2D eigenvalue weighted by Crippen LogP contribution is -2.22. The highest BCUT2D eigenvalue weighted by molar-refractivity contribution is 9.10. The molecule has 1 aromatic heterocycles. The molecular weight excluding hydrogens is 297 g/mol. The third-order valence-corrected chi connectivity index (χ3v) is 3.54. The van der Waals surface area contributed by atoms with E-state index >= 15 is 0 Å². The smallest absolute Gasteiger partial charge is 0.123 e. The van der Waals surface area contributed by atoms with Crippen molar-refractivity contribution in [3.8, 4) is 0 Å². The van der Waals surface area contributed by atoms with E-state index in [0.29, 0.717) is 6.42 Å². The molecule has 1 unspecified atom stereocenters. The van der Waals surface area contributed by atoms with Gasteiger partial charge in [-0.05, 0) is 48.9 Å². The van der Waals surface area contributed by atoms with Gasteiger partial charge in [0.2, 0.25) is 0 Å². The summed E-state index contributed by atoms with van der Waals surface area (Å²) in [6, 6.07) is 8.58. The predicted octanol–water partition coefficient (Wildman–Crippen LogP) is 4.07. The Morgan fingerprint density at radius 2 is 2.22 bits per heavy atom. The lowest BCUT2D eigenvalue weighted by molar-refractivity contribution is 0.415. The number of benzene rings is 1. The van der Waals surface area contributed by atoms with Crippen LogP contribution in [0.2, 0.25) is 0 Å². The number of hydrogen-bond acceptors (Lipinski definition) is 2. The Bertz CT molecular complexity index is 499. The molecule has 1 N–H and O–H groups in total. The second kappa shape index (κ2) is 6.16. The van der Waals surface area contributed by atoms with Crippen LogP contribution in [-0.2, 0) is 6.42 Å². The molecule has 0 fully saturated rings. The van der Waals surface area contributed by atoms with E-state index in [0.717, 1.165) is 22.3 Å². The first-order valence-electron chi connectivity index (χ1n) is 5.91. The van der Waals surface area contributed by atoms with Gasteiger partial charge in [-0.1, -0.05) is 22.9 Å². The Kier molecular flexibility index (Phi) is 4.55. The summed E-state index contributed by atoms with van der Waals surface area (Å²) in [5.74, 6) is 0.649. The second-order valence-electron chi connectivity index (χ2n) is 4.07. The predicted molar refractivity (Wildman–Crippen MR) is 72.9 cm³/mol. The molecule has 0 aliphatic rings. The molecule has 2 nitrogen and oxygen atoms in total. The number of likely N-dealkylation sites (N-methyl/N-ethyl adjacent to an activating group) is 1. The lowest BCUT2D eigenvalue weighted by Gasteiger charge is -2.16. The van der Waals surface area contributed by atoms with E-state index < -0.39 is 0 Å². The maximum atomic E-state index is 13.3. The van der Waals surface area contributed by atoms with Gasteiger partial charge >= 0.3 is 0 Å². The molecule has 1 heterocycles. The Morgan fingerprint density at radius 1 is 1.39 bits per heavy atom. The number of hydrogen-bond donors (Lipinski definition) is 1. The number of halogens is 2. The highest BCUT2D eigenvalue weighted by atomic mass is 79.9. The van der Waals surface area contributed by atoms with Crippen LogP contribution in [0.15, 0.2) is 45.5 Å². The molecule has 96 valence electrons. The fraction of sp³-hybridized carbons (Fsp3) is 0.286. The number of nitrogens with one attached hydrogen (secondary N) is 1. The zero-order valence-electron chi connectivity index (χ0n) is 10.1. The lowest BCUT2D eigenvalue weighted by atomic mass is 10.0. The molecule has 0 bridgehead atoms. The molecular formula is C14H15BrFNO. The van der Waals surface area contributed by atoms with Crippen molar-refractivity contribution in [1.82, 2.24) is 5.32 Å². The second-order valence-corrected chi connectivity index (χ2v) is 4.92. The topological polar surface area (TPSA) is 25.2 Å². The van der Waals surface area contributed by atoms with Gasteiger partial charge < -0.3 is 9.73 Å². The van der Waals surface area contributed by atoms with E-state index in [9.17, 15) is 4.39 Å². The van der Waals surface area contributed by atoms with Gasteiger partial charge in [0.15, 0.2) is 0 Å². The van der Waals surface area contributed by atoms with E-state index in [-0.39, 0.29) is 11.9 Å². The van der Waals surface area contributed by atoms with Crippen LogP contribution in [0.5, 0.6) is 0 Å². The maximum absolute atomic E-state index is 13.3. The third-order valence-electron chi connectivity index (χ3n) is 2.77. The van der Waals surface area contributed by atoms with Crippen molar-refractivity contribution in [3.63, 3.8) is 0 Å². The normalized spacial score (nSPS) is 12.6. The Labute approximate surface area is 114 Å². The Morgan fingerprint density at radius 3 is 2.89 bits per heavy atom. The minimum atomic E-state index is -0.220. The van der Waals surface area contributed by atoms with E-state index in [2.05, 4.69) is 21.2 Å². The Hall–Kier alpha value is -1.13. The van der Waals surface area contributed by atoms with E-state index in [1.807, 2.05) is 19.1 Å². The molecule has 0 aliphatic carbocycles. The van der Waals surface area contributed by atoms with Gasteiger partial charge in [-0.2, -0.15) is 0 Å². The van der Waals surface area contributed by atoms with Gasteiger partial charge in [0.05, 0.1) is 12.3 Å². The monoisotopic (exact) mass is 311 g/mol. The molecule has 1 aromatic carbocycles. The fourth-order valence-corrected chi connectivity index (χ4v) is 2.34. The van der Waals surface area contributed by atoms with Crippen LogP contribution in [0.25, 0.3) is 0 Å². The van der Waals surface area contributed by atoms with Crippen LogP contribution in [0.3, 0.4) is 0 Å². The van der Waals surface area contributed by atoms with Gasteiger partial charge in [-0.3, -0.25) is 0 Å². The summed E-state index contributed by atoms with van der Waals surface area (Å²) in [4.78, 5) is 0. The van der Waals surface area contributed by atoms with Crippen LogP contribution in [0.1, 0.15) is 24.3 Å². The average Bonchev–Trinajstić information content (AvgIpc) is 2.87. The third kappa shape index (κ3) is 3.21. The molecule has 1 atom stereocenters. The molecule has 0 spiro atoms. The van der Waals surface area contributed by atoms with Crippen molar-refractivity contribution >= 4 is 15.9 Å². The van der Waals surface area contributed by atoms with Crippen LogP contribution in [0.4, 0.5) is 4.39 Å². The molecule has 0 saturated carbocycles. The van der Waals surface area contributed by atoms with Crippen molar-refractivity contribution in [2.45, 2.75) is 19.4 Å². The maximum Gasteiger partial charge on any atom is 0.123 e. The summed E-state index contributed by atoms with van der Waals surface area (Å²) >= 11 is 3.45. The first kappa shape index (κ1) is 13.3. The van der Waals surface area contributed by atoms with Crippen LogP contribution in [-0.4, -0.2) is 6.54 Å². The number of rotatable bonds is 5. The van der Waals surface area contributed by atoms with E-state index in [1.165, 1.54) is 6.07 Å². The largest absolute Gasteiger partial charge is 0.468 e. The molecule has 0 amide bonds. The van der Waals surface area contributed by atoms with Crippen molar-refractivity contribution in [1.29, 1.82) is 0 Å². The zero-order valence-corrected chi connectivity index (χ0v) is 11.7.